The molecule has 1 aliphatic rings. The van der Waals surface area contributed by atoms with Crippen molar-refractivity contribution in [2.45, 2.75) is 117 Å². The van der Waals surface area contributed by atoms with Crippen LogP contribution in [-0.2, 0) is 19.2 Å². The largest absolute Gasteiger partial charge is 0.480 e. The van der Waals surface area contributed by atoms with E-state index in [1.54, 1.807) is 12.2 Å². The molecule has 0 saturated heterocycles. The number of ketones is 2. The molecule has 1 aliphatic carbocycles. The molecule has 1 unspecified atom stereocenters. The Morgan fingerprint density at radius 2 is 1.75 bits per heavy atom. The van der Waals surface area contributed by atoms with E-state index in [0.29, 0.717) is 31.6 Å². The topological polar surface area (TPSA) is 141 Å². The van der Waals surface area contributed by atoms with Crippen LogP contribution in [-0.4, -0.2) is 57.0 Å². The van der Waals surface area contributed by atoms with Crippen LogP contribution in [0.5, 0.6) is 0 Å². The Balaban J connectivity index is 2.48. The first-order valence-corrected chi connectivity index (χ1v) is 13.6. The number of hydrogen-bond donors (Lipinski definition) is 4. The van der Waals surface area contributed by atoms with Gasteiger partial charge in [-0.2, -0.15) is 0 Å². The van der Waals surface area contributed by atoms with Gasteiger partial charge in [0.25, 0.3) is 0 Å². The quantitative estimate of drug-likeness (QED) is 0.163. The van der Waals surface area contributed by atoms with Crippen LogP contribution in [0.25, 0.3) is 0 Å². The maximum absolute atomic E-state index is 12.5. The molecule has 0 aromatic heterocycles. The summed E-state index contributed by atoms with van der Waals surface area (Å²) in [5.74, 6) is -2.21. The summed E-state index contributed by atoms with van der Waals surface area (Å²) in [4.78, 5) is 48.3. The number of carbonyl (C=O) groups is 4. The molecule has 206 valence electrons. The fraction of sp³-hybridized carbons (Fsp3) is 0.786. The van der Waals surface area contributed by atoms with Gasteiger partial charge < -0.3 is 20.6 Å². The number of carboxylic acid groups (broad SMARTS) is 1. The van der Waals surface area contributed by atoms with Crippen LogP contribution in [0.1, 0.15) is 98.3 Å². The second-order valence-electron chi connectivity index (χ2n) is 10.9. The fourth-order valence-corrected chi connectivity index (χ4v) is 4.82. The predicted octanol–water partition coefficient (Wildman–Crippen LogP) is 3.82. The molecular weight excluding hydrogens is 462 g/mol. The van der Waals surface area contributed by atoms with Gasteiger partial charge in [-0.25, -0.2) is 4.79 Å². The van der Waals surface area contributed by atoms with Crippen molar-refractivity contribution < 1.29 is 34.5 Å². The smallest absolute Gasteiger partial charge is 0.326 e. The molecule has 6 atom stereocenters. The number of rotatable bonds is 18. The molecule has 0 heterocycles. The minimum atomic E-state index is -1.06. The van der Waals surface area contributed by atoms with Gasteiger partial charge in [0.2, 0.25) is 5.91 Å². The summed E-state index contributed by atoms with van der Waals surface area (Å²) in [5.41, 5.74) is 0. The highest BCUT2D eigenvalue weighted by Crippen LogP contribution is 2.34. The number of carbonyl (C=O) groups excluding carboxylic acids is 3. The van der Waals surface area contributed by atoms with Crippen molar-refractivity contribution in [1.29, 1.82) is 0 Å². The maximum atomic E-state index is 12.5. The summed E-state index contributed by atoms with van der Waals surface area (Å²) >= 11 is 0. The molecule has 1 rings (SSSR count). The summed E-state index contributed by atoms with van der Waals surface area (Å²) in [7, 11) is 0. The third kappa shape index (κ3) is 12.3. The average Bonchev–Trinajstić information content (AvgIpc) is 3.04. The molecule has 8 heteroatoms. The van der Waals surface area contributed by atoms with Crippen LogP contribution < -0.4 is 5.32 Å². The van der Waals surface area contributed by atoms with Gasteiger partial charge >= 0.3 is 5.97 Å². The van der Waals surface area contributed by atoms with Crippen molar-refractivity contribution in [3.05, 3.63) is 12.2 Å². The number of hydrogen-bond acceptors (Lipinski definition) is 6. The van der Waals surface area contributed by atoms with Gasteiger partial charge in [0.15, 0.2) is 0 Å². The summed E-state index contributed by atoms with van der Waals surface area (Å²) in [6.07, 6.45) is 7.39. The molecule has 8 nitrogen and oxygen atoms in total. The molecule has 0 aliphatic heterocycles. The van der Waals surface area contributed by atoms with Crippen LogP contribution in [0.2, 0.25) is 0 Å². The summed E-state index contributed by atoms with van der Waals surface area (Å²) in [6.45, 7) is 8.01. The average molecular weight is 510 g/mol. The molecule has 0 spiro atoms. The minimum Gasteiger partial charge on any atom is -0.480 e. The Kier molecular flexibility index (Phi) is 14.8. The first kappa shape index (κ1) is 32.0. The van der Waals surface area contributed by atoms with Gasteiger partial charge in [-0.1, -0.05) is 59.1 Å². The number of Topliss-reactive ketones (excluding diaryl/α,β-unsaturated/α-hetero) is 2. The van der Waals surface area contributed by atoms with E-state index in [1.165, 1.54) is 0 Å². The van der Waals surface area contributed by atoms with Gasteiger partial charge in [0.05, 0.1) is 12.2 Å². The first-order chi connectivity index (χ1) is 16.9. The standard InChI is InChI=1S/C28H47NO7/c1-5-6-9-19(4)15-21(31)12-13-22-23(26(33)17-25(22)32)16-20(30)10-7-8-11-27(34)29-24(28(35)36)14-18(2)3/h12-13,18-19,21-25,31-32H,5-11,14-17H2,1-4H3,(H,29,34)(H,35,36)/b13-12+/t19-,21-,22+,23+,24-,25?/m0/s1. The van der Waals surface area contributed by atoms with Crippen molar-refractivity contribution in [3.8, 4) is 0 Å². The number of aliphatic hydroxyl groups excluding tert-OH is 2. The lowest BCUT2D eigenvalue weighted by atomic mass is 9.87. The Bertz CT molecular complexity index is 748. The molecule has 1 fully saturated rings. The van der Waals surface area contributed by atoms with Crippen LogP contribution >= 0.6 is 0 Å². The number of amides is 1. The number of nitrogens with one attached hydrogen (secondary N) is 1. The van der Waals surface area contributed by atoms with Crippen molar-refractivity contribution >= 4 is 23.4 Å². The summed E-state index contributed by atoms with van der Waals surface area (Å²) in [6, 6.07) is -0.915. The molecule has 0 bridgehead atoms. The van der Waals surface area contributed by atoms with Crippen LogP contribution in [0, 0.1) is 23.7 Å². The SMILES string of the molecule is CCCC[C@H](C)C[C@@H](O)/C=C/[C@H]1C(O)CC(=O)[C@@H]1CC(=O)CCCCC(=O)N[C@@H](CC(C)C)C(=O)O. The monoisotopic (exact) mass is 509 g/mol. The van der Waals surface area contributed by atoms with Gasteiger partial charge in [0.1, 0.15) is 17.6 Å². The van der Waals surface area contributed by atoms with E-state index in [2.05, 4.69) is 19.2 Å². The van der Waals surface area contributed by atoms with E-state index >= 15 is 0 Å². The van der Waals surface area contributed by atoms with Gasteiger partial charge in [0, 0.05) is 37.5 Å². The highest BCUT2D eigenvalue weighted by atomic mass is 16.4. The van der Waals surface area contributed by atoms with E-state index in [4.69, 9.17) is 0 Å². The van der Waals surface area contributed by atoms with Gasteiger partial charge in [-0.15, -0.1) is 0 Å². The number of carboxylic acids is 1. The van der Waals surface area contributed by atoms with Crippen molar-refractivity contribution in [3.63, 3.8) is 0 Å². The van der Waals surface area contributed by atoms with Crippen molar-refractivity contribution in [2.75, 3.05) is 0 Å². The lowest BCUT2D eigenvalue weighted by Crippen LogP contribution is -2.41. The first-order valence-electron chi connectivity index (χ1n) is 13.6. The zero-order valence-corrected chi connectivity index (χ0v) is 22.4. The van der Waals surface area contributed by atoms with Gasteiger partial charge in [-0.05, 0) is 37.5 Å². The maximum Gasteiger partial charge on any atom is 0.326 e. The molecule has 1 saturated carbocycles. The fourth-order valence-electron chi connectivity index (χ4n) is 4.82. The second-order valence-corrected chi connectivity index (χ2v) is 10.9. The van der Waals surface area contributed by atoms with Crippen LogP contribution in [0.4, 0.5) is 0 Å². The highest BCUT2D eigenvalue weighted by Gasteiger charge is 2.40. The van der Waals surface area contributed by atoms with E-state index in [1.807, 2.05) is 13.8 Å². The molecule has 36 heavy (non-hydrogen) atoms. The number of aliphatic hydroxyl groups is 2. The van der Waals surface area contributed by atoms with E-state index < -0.39 is 36.1 Å². The highest BCUT2D eigenvalue weighted by molar-refractivity contribution is 5.90. The molecule has 1 amide bonds. The Labute approximate surface area is 215 Å². The van der Waals surface area contributed by atoms with Crippen LogP contribution in [0.15, 0.2) is 12.2 Å². The lowest BCUT2D eigenvalue weighted by Gasteiger charge is -2.18. The third-order valence-corrected chi connectivity index (χ3v) is 6.88. The second kappa shape index (κ2) is 16.6. The summed E-state index contributed by atoms with van der Waals surface area (Å²) < 4.78 is 0. The van der Waals surface area contributed by atoms with E-state index in [-0.39, 0.29) is 49.1 Å². The number of aliphatic carboxylic acids is 1. The zero-order valence-electron chi connectivity index (χ0n) is 22.4. The molecule has 0 aromatic carbocycles. The van der Waals surface area contributed by atoms with Crippen molar-refractivity contribution in [1.82, 2.24) is 5.32 Å². The minimum absolute atomic E-state index is 0.0112. The molecule has 0 aromatic rings. The molecule has 4 N–H and O–H groups in total. The zero-order chi connectivity index (χ0) is 27.3. The summed E-state index contributed by atoms with van der Waals surface area (Å²) in [5, 5.41) is 32.4. The van der Waals surface area contributed by atoms with E-state index in [9.17, 15) is 34.5 Å². The van der Waals surface area contributed by atoms with Crippen LogP contribution in [0.3, 0.4) is 0 Å². The Hall–Kier alpha value is -2.06. The normalized spacial score (nSPS) is 22.6. The third-order valence-electron chi connectivity index (χ3n) is 6.88. The predicted molar refractivity (Wildman–Crippen MR) is 138 cm³/mol. The van der Waals surface area contributed by atoms with E-state index in [0.717, 1.165) is 19.3 Å². The molecule has 0 radical (unpaired) electrons. The van der Waals surface area contributed by atoms with Crippen molar-refractivity contribution in [2.24, 2.45) is 23.7 Å². The Morgan fingerprint density at radius 3 is 2.36 bits per heavy atom. The Morgan fingerprint density at radius 1 is 1.08 bits per heavy atom. The lowest BCUT2D eigenvalue weighted by molar-refractivity contribution is -0.142. The molecular formula is C28H47NO7. The van der Waals surface area contributed by atoms with Gasteiger partial charge in [-0.3, -0.25) is 14.4 Å². The number of unbranched alkanes of at least 4 members (excludes halogenated alkanes) is 2.